The van der Waals surface area contributed by atoms with E-state index in [-0.39, 0.29) is 6.10 Å². The van der Waals surface area contributed by atoms with Crippen LogP contribution in [0.3, 0.4) is 0 Å². The van der Waals surface area contributed by atoms with E-state index in [1.165, 1.54) is 19.5 Å². The summed E-state index contributed by atoms with van der Waals surface area (Å²) < 4.78 is 7.62. The first-order valence-electron chi connectivity index (χ1n) is 9.47. The third-order valence-electron chi connectivity index (χ3n) is 6.15. The molecule has 6 nitrogen and oxygen atoms in total. The molecule has 0 bridgehead atoms. The van der Waals surface area contributed by atoms with Crippen molar-refractivity contribution in [3.63, 3.8) is 0 Å². The second-order valence-electron chi connectivity index (χ2n) is 7.69. The van der Waals surface area contributed by atoms with E-state index >= 15 is 0 Å². The van der Waals surface area contributed by atoms with Crippen molar-refractivity contribution in [2.45, 2.75) is 38.0 Å². The standard InChI is InChI=1S/C18H30N4O2/c23-18-11-16-13-21(4-1-3-20-5-2-19-14-20)12-15(16)10-17(18)22-6-8-24-9-7-22/h2,5,14-18,23H,1,3-4,6-13H2/t15-,16+,17-,18-/m1/s1. The minimum Gasteiger partial charge on any atom is -0.391 e. The average Bonchev–Trinajstić information content (AvgIpc) is 3.24. The van der Waals surface area contributed by atoms with E-state index < -0.39 is 0 Å². The van der Waals surface area contributed by atoms with Crippen LogP contribution < -0.4 is 0 Å². The lowest BCUT2D eigenvalue weighted by Gasteiger charge is -2.43. The lowest BCUT2D eigenvalue weighted by molar-refractivity contribution is -0.0520. The smallest absolute Gasteiger partial charge is 0.0945 e. The summed E-state index contributed by atoms with van der Waals surface area (Å²) in [6, 6.07) is 0.348. The van der Waals surface area contributed by atoms with Crippen LogP contribution in [0.1, 0.15) is 19.3 Å². The Hall–Kier alpha value is -0.950. The fraction of sp³-hybridized carbons (Fsp3) is 0.833. The van der Waals surface area contributed by atoms with Crippen molar-refractivity contribution in [2.24, 2.45) is 11.8 Å². The number of ether oxygens (including phenoxy) is 1. The van der Waals surface area contributed by atoms with E-state index in [9.17, 15) is 5.11 Å². The Bertz CT molecular complexity index is 503. The number of aromatic nitrogens is 2. The average molecular weight is 334 g/mol. The molecule has 1 aromatic heterocycles. The highest BCUT2D eigenvalue weighted by Crippen LogP contribution is 2.38. The maximum atomic E-state index is 10.6. The van der Waals surface area contributed by atoms with Gasteiger partial charge in [-0.05, 0) is 37.6 Å². The van der Waals surface area contributed by atoms with Gasteiger partial charge in [-0.25, -0.2) is 4.98 Å². The number of nitrogens with zero attached hydrogens (tertiary/aromatic N) is 4. The molecule has 1 saturated carbocycles. The maximum Gasteiger partial charge on any atom is 0.0945 e. The van der Waals surface area contributed by atoms with Gasteiger partial charge in [0.25, 0.3) is 0 Å². The number of aliphatic hydroxyl groups is 1. The summed E-state index contributed by atoms with van der Waals surface area (Å²) in [5.74, 6) is 1.44. The summed E-state index contributed by atoms with van der Waals surface area (Å²) in [5.41, 5.74) is 0. The number of rotatable bonds is 5. The molecule has 0 spiro atoms. The quantitative estimate of drug-likeness (QED) is 0.858. The molecule has 0 unspecified atom stereocenters. The van der Waals surface area contributed by atoms with E-state index in [4.69, 9.17) is 4.74 Å². The molecule has 2 aliphatic heterocycles. The molecule has 3 heterocycles. The van der Waals surface area contributed by atoms with Crippen LogP contribution in [0.5, 0.6) is 0 Å². The molecular formula is C18H30N4O2. The zero-order valence-electron chi connectivity index (χ0n) is 14.5. The molecule has 3 fully saturated rings. The Kier molecular flexibility index (Phi) is 5.17. The monoisotopic (exact) mass is 334 g/mol. The number of hydrogen-bond acceptors (Lipinski definition) is 5. The molecule has 4 rings (SSSR count). The zero-order chi connectivity index (χ0) is 16.4. The summed E-state index contributed by atoms with van der Waals surface area (Å²) in [6.45, 7) is 8.18. The fourth-order valence-electron chi connectivity index (χ4n) is 4.88. The summed E-state index contributed by atoms with van der Waals surface area (Å²) in [6.07, 6.45) is 8.92. The van der Waals surface area contributed by atoms with E-state index in [1.807, 2.05) is 18.7 Å². The van der Waals surface area contributed by atoms with Gasteiger partial charge in [0.2, 0.25) is 0 Å². The Morgan fingerprint density at radius 2 is 1.88 bits per heavy atom. The molecule has 0 radical (unpaired) electrons. The van der Waals surface area contributed by atoms with Crippen molar-refractivity contribution in [3.8, 4) is 0 Å². The Balaban J connectivity index is 1.27. The molecule has 1 aliphatic carbocycles. The Labute approximate surface area is 144 Å². The van der Waals surface area contributed by atoms with Gasteiger partial charge < -0.3 is 19.3 Å². The third-order valence-corrected chi connectivity index (χ3v) is 6.15. The number of fused-ring (bicyclic) bond motifs is 1. The maximum absolute atomic E-state index is 10.6. The molecule has 1 aromatic rings. The van der Waals surface area contributed by atoms with Gasteiger partial charge >= 0.3 is 0 Å². The minimum absolute atomic E-state index is 0.157. The molecular weight excluding hydrogens is 304 g/mol. The van der Waals surface area contributed by atoms with E-state index in [0.29, 0.717) is 12.0 Å². The highest BCUT2D eigenvalue weighted by Gasteiger charge is 2.43. The first-order chi connectivity index (χ1) is 11.8. The summed E-state index contributed by atoms with van der Waals surface area (Å²) >= 11 is 0. The topological polar surface area (TPSA) is 53.8 Å². The first kappa shape index (κ1) is 16.5. The van der Waals surface area contributed by atoms with E-state index in [0.717, 1.165) is 58.2 Å². The molecule has 2 saturated heterocycles. The Morgan fingerprint density at radius 3 is 2.62 bits per heavy atom. The lowest BCUT2D eigenvalue weighted by Crippen LogP contribution is -2.53. The van der Waals surface area contributed by atoms with Gasteiger partial charge in [0.1, 0.15) is 0 Å². The van der Waals surface area contributed by atoms with Crippen LogP contribution in [-0.4, -0.2) is 82.5 Å². The largest absolute Gasteiger partial charge is 0.391 e. The van der Waals surface area contributed by atoms with Crippen molar-refractivity contribution in [1.29, 1.82) is 0 Å². The van der Waals surface area contributed by atoms with Crippen molar-refractivity contribution < 1.29 is 9.84 Å². The zero-order valence-corrected chi connectivity index (χ0v) is 14.5. The predicted molar refractivity (Wildman–Crippen MR) is 91.7 cm³/mol. The van der Waals surface area contributed by atoms with Crippen molar-refractivity contribution in [1.82, 2.24) is 19.4 Å². The molecule has 6 heteroatoms. The van der Waals surface area contributed by atoms with Crippen LogP contribution in [0.25, 0.3) is 0 Å². The fourth-order valence-corrected chi connectivity index (χ4v) is 4.88. The van der Waals surface area contributed by atoms with E-state index in [1.54, 1.807) is 0 Å². The van der Waals surface area contributed by atoms with Gasteiger partial charge in [-0.1, -0.05) is 0 Å². The SMILES string of the molecule is O[C@@H]1C[C@H]2CN(CCCn3ccnc3)C[C@H]2C[C@H]1N1CCOCC1. The minimum atomic E-state index is -0.157. The molecule has 0 aromatic carbocycles. The molecule has 134 valence electrons. The van der Waals surface area contributed by atoms with Crippen molar-refractivity contribution in [3.05, 3.63) is 18.7 Å². The number of aryl methyl sites for hydroxylation is 1. The summed E-state index contributed by atoms with van der Waals surface area (Å²) in [7, 11) is 0. The van der Waals surface area contributed by atoms with Crippen LogP contribution >= 0.6 is 0 Å². The van der Waals surface area contributed by atoms with Gasteiger partial charge in [-0.3, -0.25) is 4.90 Å². The highest BCUT2D eigenvalue weighted by atomic mass is 16.5. The number of likely N-dealkylation sites (tertiary alicyclic amines) is 1. The van der Waals surface area contributed by atoms with Crippen LogP contribution in [0, 0.1) is 11.8 Å². The summed E-state index contributed by atoms with van der Waals surface area (Å²) in [4.78, 5) is 9.18. The molecule has 3 aliphatic rings. The number of morpholine rings is 1. The number of imidazole rings is 1. The second-order valence-corrected chi connectivity index (χ2v) is 7.69. The molecule has 4 atom stereocenters. The molecule has 24 heavy (non-hydrogen) atoms. The third kappa shape index (κ3) is 3.67. The molecule has 0 amide bonds. The van der Waals surface area contributed by atoms with Crippen LogP contribution in [0.15, 0.2) is 18.7 Å². The second kappa shape index (κ2) is 7.52. The highest BCUT2D eigenvalue weighted by molar-refractivity contribution is 4.96. The number of hydrogen-bond donors (Lipinski definition) is 1. The van der Waals surface area contributed by atoms with Gasteiger partial charge in [0.15, 0.2) is 0 Å². The Morgan fingerprint density at radius 1 is 1.08 bits per heavy atom. The van der Waals surface area contributed by atoms with Crippen LogP contribution in [0.2, 0.25) is 0 Å². The predicted octanol–water partition coefficient (Wildman–Crippen LogP) is 0.677. The van der Waals surface area contributed by atoms with Crippen molar-refractivity contribution in [2.75, 3.05) is 45.9 Å². The van der Waals surface area contributed by atoms with Crippen molar-refractivity contribution >= 4 is 0 Å². The summed E-state index contributed by atoms with van der Waals surface area (Å²) in [5, 5.41) is 10.6. The normalized spacial score (nSPS) is 35.2. The lowest BCUT2D eigenvalue weighted by atomic mass is 9.77. The van der Waals surface area contributed by atoms with E-state index in [2.05, 4.69) is 19.4 Å². The van der Waals surface area contributed by atoms with Gasteiger partial charge in [0, 0.05) is 51.2 Å². The van der Waals surface area contributed by atoms with Gasteiger partial charge in [-0.2, -0.15) is 0 Å². The van der Waals surface area contributed by atoms with Crippen LogP contribution in [-0.2, 0) is 11.3 Å². The van der Waals surface area contributed by atoms with Gasteiger partial charge in [0.05, 0.1) is 25.6 Å². The first-order valence-corrected chi connectivity index (χ1v) is 9.47. The number of aliphatic hydroxyl groups excluding tert-OH is 1. The van der Waals surface area contributed by atoms with Gasteiger partial charge in [-0.15, -0.1) is 0 Å². The van der Waals surface area contributed by atoms with Crippen LogP contribution in [0.4, 0.5) is 0 Å². The molecule has 1 N–H and O–H groups in total.